The van der Waals surface area contributed by atoms with Crippen LogP contribution in [0.15, 0.2) is 73.3 Å². The predicted octanol–water partition coefficient (Wildman–Crippen LogP) is 5.78. The Morgan fingerprint density at radius 1 is 1.17 bits per heavy atom. The van der Waals surface area contributed by atoms with Gasteiger partial charge in [0, 0.05) is 10.6 Å². The molecule has 150 valence electrons. The number of thiophene rings is 1. The van der Waals surface area contributed by atoms with Crippen molar-refractivity contribution in [2.24, 2.45) is 0 Å². The van der Waals surface area contributed by atoms with E-state index in [9.17, 15) is 0 Å². The first-order chi connectivity index (χ1) is 14.6. The molecule has 0 saturated carbocycles. The number of nitrogens with zero attached hydrogens (tertiary/aromatic N) is 4. The summed E-state index contributed by atoms with van der Waals surface area (Å²) in [6.07, 6.45) is 3.71. The molecule has 0 atom stereocenters. The second-order valence-corrected chi connectivity index (χ2v) is 8.46. The molecule has 0 unspecified atom stereocenters. The highest BCUT2D eigenvalue weighted by Gasteiger charge is 2.16. The van der Waals surface area contributed by atoms with Crippen LogP contribution in [0.1, 0.15) is 17.6 Å². The number of hydrogen-bond acceptors (Lipinski definition) is 7. The molecule has 0 amide bonds. The fourth-order valence-corrected chi connectivity index (χ4v) is 4.01. The van der Waals surface area contributed by atoms with Crippen LogP contribution in [0.25, 0.3) is 27.3 Å². The quantitative estimate of drug-likeness (QED) is 0.385. The number of nitrogens with one attached hydrogen (secondary N) is 1. The van der Waals surface area contributed by atoms with Gasteiger partial charge in [0.05, 0.1) is 27.1 Å². The summed E-state index contributed by atoms with van der Waals surface area (Å²) >= 11 is 2.94. The van der Waals surface area contributed by atoms with Gasteiger partial charge in [-0.2, -0.15) is 5.10 Å². The van der Waals surface area contributed by atoms with Crippen LogP contribution in [-0.2, 0) is 0 Å². The van der Waals surface area contributed by atoms with E-state index < -0.39 is 0 Å². The van der Waals surface area contributed by atoms with Crippen LogP contribution in [0, 0.1) is 0 Å². The molecule has 3 heterocycles. The van der Waals surface area contributed by atoms with Gasteiger partial charge in [0.2, 0.25) is 0 Å². The fourth-order valence-electron chi connectivity index (χ4n) is 2.81. The molecule has 0 aliphatic carbocycles. The van der Waals surface area contributed by atoms with Crippen molar-refractivity contribution >= 4 is 55.6 Å². The zero-order chi connectivity index (χ0) is 21.1. The van der Waals surface area contributed by atoms with E-state index in [2.05, 4.69) is 23.6 Å². The Morgan fingerprint density at radius 3 is 2.67 bits per heavy atom. The average molecular weight is 433 g/mol. The number of thioether (sulfide) groups is 1. The SMILES string of the molecule is C=C(S/C=C\C)c1nc(NC(=C)c2ccc(N)s2)c2cnn(-c3ccccc3)c2n1. The number of hydrogen-bond donors (Lipinski definition) is 2. The summed E-state index contributed by atoms with van der Waals surface area (Å²) in [5.74, 6) is 1.15. The number of nitrogen functional groups attached to an aromatic ring is 1. The largest absolute Gasteiger partial charge is 0.391 e. The Kier molecular flexibility index (Phi) is 5.69. The topological polar surface area (TPSA) is 81.6 Å². The van der Waals surface area contributed by atoms with E-state index in [4.69, 9.17) is 15.7 Å². The van der Waals surface area contributed by atoms with Crippen LogP contribution in [0.5, 0.6) is 0 Å². The summed E-state index contributed by atoms with van der Waals surface area (Å²) in [6, 6.07) is 13.7. The number of anilines is 2. The number of rotatable bonds is 7. The van der Waals surface area contributed by atoms with E-state index in [-0.39, 0.29) is 0 Å². The van der Waals surface area contributed by atoms with Crippen LogP contribution in [0.4, 0.5) is 10.8 Å². The molecule has 4 aromatic rings. The molecule has 8 heteroatoms. The van der Waals surface area contributed by atoms with Crippen molar-refractivity contribution < 1.29 is 0 Å². The minimum absolute atomic E-state index is 0.532. The van der Waals surface area contributed by atoms with E-state index in [1.807, 2.05) is 60.9 Å². The van der Waals surface area contributed by atoms with Crippen molar-refractivity contribution in [3.05, 3.63) is 84.0 Å². The molecule has 30 heavy (non-hydrogen) atoms. The first kappa shape index (κ1) is 19.9. The summed E-state index contributed by atoms with van der Waals surface area (Å²) in [4.78, 5) is 11.2. The van der Waals surface area contributed by atoms with Crippen LogP contribution >= 0.6 is 23.1 Å². The summed E-state index contributed by atoms with van der Waals surface area (Å²) in [6.45, 7) is 10.2. The maximum absolute atomic E-state index is 5.87. The number of allylic oxidation sites excluding steroid dienone is 1. The van der Waals surface area contributed by atoms with Gasteiger partial charge in [0.25, 0.3) is 0 Å². The third kappa shape index (κ3) is 4.00. The van der Waals surface area contributed by atoms with Crippen molar-refractivity contribution in [2.75, 3.05) is 11.1 Å². The Morgan fingerprint density at radius 2 is 1.97 bits per heavy atom. The molecule has 0 bridgehead atoms. The van der Waals surface area contributed by atoms with Crippen molar-refractivity contribution in [1.29, 1.82) is 0 Å². The smallest absolute Gasteiger partial charge is 0.170 e. The molecular weight excluding hydrogens is 412 g/mol. The highest BCUT2D eigenvalue weighted by atomic mass is 32.2. The number of nitrogens with two attached hydrogens (primary N) is 1. The van der Waals surface area contributed by atoms with Crippen LogP contribution < -0.4 is 11.1 Å². The summed E-state index contributed by atoms with van der Waals surface area (Å²) in [5, 5.41) is 11.3. The highest BCUT2D eigenvalue weighted by molar-refractivity contribution is 8.10. The molecule has 3 aromatic heterocycles. The van der Waals surface area contributed by atoms with Crippen LogP contribution in [0.2, 0.25) is 0 Å². The first-order valence-corrected chi connectivity index (χ1v) is 10.9. The number of para-hydroxylation sites is 1. The summed E-state index contributed by atoms with van der Waals surface area (Å²) in [5.41, 5.74) is 8.18. The maximum Gasteiger partial charge on any atom is 0.170 e. The van der Waals surface area contributed by atoms with Gasteiger partial charge in [-0.15, -0.1) is 11.3 Å². The van der Waals surface area contributed by atoms with Gasteiger partial charge in [-0.3, -0.25) is 0 Å². The van der Waals surface area contributed by atoms with Crippen molar-refractivity contribution in [1.82, 2.24) is 19.7 Å². The molecule has 0 fully saturated rings. The lowest BCUT2D eigenvalue weighted by Crippen LogP contribution is -2.04. The second kappa shape index (κ2) is 8.56. The molecule has 1 aromatic carbocycles. The molecule has 4 rings (SSSR count). The van der Waals surface area contributed by atoms with Gasteiger partial charge in [-0.05, 0) is 36.6 Å². The Labute approximate surface area is 182 Å². The number of fused-ring (bicyclic) bond motifs is 1. The molecule has 6 nitrogen and oxygen atoms in total. The maximum atomic E-state index is 5.87. The fraction of sp³-hybridized carbons (Fsp3) is 0.0455. The average Bonchev–Trinajstić information content (AvgIpc) is 3.39. The number of aromatic nitrogens is 4. The third-order valence-corrected chi connectivity index (χ3v) is 6.07. The standard InChI is InChI=1S/C22H20N6S2/c1-4-12-29-15(3)20-26-21(25-14(2)18-10-11-19(23)30-18)17-13-24-28(22(17)27-20)16-8-6-5-7-9-16/h4-13H,2-3,23H2,1H3,(H,25,26,27)/b12-4-. The van der Waals surface area contributed by atoms with Gasteiger partial charge >= 0.3 is 0 Å². The van der Waals surface area contributed by atoms with Crippen LogP contribution in [-0.4, -0.2) is 19.7 Å². The van der Waals surface area contributed by atoms with E-state index in [0.717, 1.165) is 25.9 Å². The minimum Gasteiger partial charge on any atom is -0.391 e. The molecule has 0 aliphatic heterocycles. The second-order valence-electron chi connectivity index (χ2n) is 6.34. The van der Waals surface area contributed by atoms with Gasteiger partial charge < -0.3 is 11.1 Å². The zero-order valence-corrected chi connectivity index (χ0v) is 18.0. The van der Waals surface area contributed by atoms with Gasteiger partial charge in [0.15, 0.2) is 11.5 Å². The lowest BCUT2D eigenvalue weighted by atomic mass is 10.3. The molecule has 0 saturated heterocycles. The third-order valence-electron chi connectivity index (χ3n) is 4.22. The normalized spacial score (nSPS) is 11.2. The highest BCUT2D eigenvalue weighted by Crippen LogP contribution is 2.32. The van der Waals surface area contributed by atoms with Gasteiger partial charge in [-0.1, -0.05) is 49.2 Å². The molecule has 3 N–H and O–H groups in total. The lowest BCUT2D eigenvalue weighted by Gasteiger charge is -2.11. The van der Waals surface area contributed by atoms with Gasteiger partial charge in [-0.25, -0.2) is 14.6 Å². The van der Waals surface area contributed by atoms with E-state index in [0.29, 0.717) is 23.0 Å². The van der Waals surface area contributed by atoms with E-state index in [1.54, 1.807) is 10.9 Å². The Bertz CT molecular complexity index is 1250. The molecular formula is C22H20N6S2. The molecule has 0 radical (unpaired) electrons. The van der Waals surface area contributed by atoms with E-state index >= 15 is 0 Å². The Balaban J connectivity index is 1.82. The molecule has 0 spiro atoms. The predicted molar refractivity (Wildman–Crippen MR) is 129 cm³/mol. The van der Waals surface area contributed by atoms with Gasteiger partial charge in [0.1, 0.15) is 5.82 Å². The Hall–Kier alpha value is -3.36. The van der Waals surface area contributed by atoms with Crippen molar-refractivity contribution in [2.45, 2.75) is 6.92 Å². The van der Waals surface area contributed by atoms with Crippen LogP contribution in [0.3, 0.4) is 0 Å². The minimum atomic E-state index is 0.532. The zero-order valence-electron chi connectivity index (χ0n) is 16.4. The molecule has 0 aliphatic rings. The van der Waals surface area contributed by atoms with Crippen molar-refractivity contribution in [3.63, 3.8) is 0 Å². The lowest BCUT2D eigenvalue weighted by molar-refractivity contribution is 0.894. The first-order valence-electron chi connectivity index (χ1n) is 9.16. The summed E-state index contributed by atoms with van der Waals surface area (Å²) in [7, 11) is 0. The monoisotopic (exact) mass is 432 g/mol. The van der Waals surface area contributed by atoms with Crippen molar-refractivity contribution in [3.8, 4) is 5.69 Å². The van der Waals surface area contributed by atoms with E-state index in [1.165, 1.54) is 23.1 Å². The summed E-state index contributed by atoms with van der Waals surface area (Å²) < 4.78 is 1.80. The number of benzene rings is 1.